The lowest BCUT2D eigenvalue weighted by Crippen LogP contribution is -2.02. The molecule has 18 heavy (non-hydrogen) atoms. The number of methoxy groups -OCH3 is 1. The van der Waals surface area contributed by atoms with Gasteiger partial charge in [-0.2, -0.15) is 0 Å². The van der Waals surface area contributed by atoms with Crippen LogP contribution in [0.3, 0.4) is 0 Å². The fourth-order valence-electron chi connectivity index (χ4n) is 1.60. The van der Waals surface area contributed by atoms with Gasteiger partial charge in [-0.15, -0.1) is 0 Å². The van der Waals surface area contributed by atoms with Crippen LogP contribution in [0.15, 0.2) is 18.2 Å². The van der Waals surface area contributed by atoms with Crippen LogP contribution >= 0.6 is 0 Å². The second kappa shape index (κ2) is 7.58. The van der Waals surface area contributed by atoms with Gasteiger partial charge in [-0.3, -0.25) is 0 Å². The number of phenolic OH excluding ortho intramolecular Hbond substituents is 1. The molecular weight excluding hydrogens is 232 g/mol. The first-order valence-electron chi connectivity index (χ1n) is 6.23. The van der Waals surface area contributed by atoms with Gasteiger partial charge in [-0.1, -0.05) is 26.2 Å². The van der Waals surface area contributed by atoms with E-state index in [0.29, 0.717) is 12.4 Å². The van der Waals surface area contributed by atoms with Crippen LogP contribution in [-0.2, 0) is 4.74 Å². The van der Waals surface area contributed by atoms with E-state index in [4.69, 9.17) is 4.74 Å². The molecule has 4 heteroatoms. The zero-order valence-corrected chi connectivity index (χ0v) is 10.9. The second-order valence-electron chi connectivity index (χ2n) is 4.08. The summed E-state index contributed by atoms with van der Waals surface area (Å²) >= 11 is 0. The number of benzene rings is 1. The van der Waals surface area contributed by atoms with Crippen LogP contribution in [0.1, 0.15) is 43.0 Å². The van der Waals surface area contributed by atoms with Crippen molar-refractivity contribution in [2.75, 3.05) is 13.7 Å². The molecule has 0 aromatic heterocycles. The number of carbonyl (C=O) groups is 1. The van der Waals surface area contributed by atoms with Crippen LogP contribution in [0.25, 0.3) is 0 Å². The van der Waals surface area contributed by atoms with E-state index in [9.17, 15) is 9.90 Å². The Balaban J connectivity index is 2.49. The minimum Gasteiger partial charge on any atom is -0.507 e. The van der Waals surface area contributed by atoms with E-state index >= 15 is 0 Å². The third-order valence-corrected chi connectivity index (χ3v) is 2.64. The number of ether oxygens (including phenoxy) is 2. The third kappa shape index (κ3) is 4.28. The largest absolute Gasteiger partial charge is 0.507 e. The molecule has 0 atom stereocenters. The van der Waals surface area contributed by atoms with Gasteiger partial charge in [0.05, 0.1) is 13.7 Å². The molecule has 0 heterocycles. The SMILES string of the molecule is CCCCCCOc1ccc(C(=O)OC)c(O)c1. The molecule has 0 unspecified atom stereocenters. The van der Waals surface area contributed by atoms with Crippen LogP contribution in [0, 0.1) is 0 Å². The summed E-state index contributed by atoms with van der Waals surface area (Å²) in [5, 5.41) is 9.65. The predicted octanol–water partition coefficient (Wildman–Crippen LogP) is 3.14. The lowest BCUT2D eigenvalue weighted by atomic mass is 10.2. The average Bonchev–Trinajstić information content (AvgIpc) is 2.38. The van der Waals surface area contributed by atoms with Crippen molar-refractivity contribution in [1.82, 2.24) is 0 Å². The molecule has 0 saturated carbocycles. The van der Waals surface area contributed by atoms with E-state index in [1.165, 1.54) is 32.1 Å². The summed E-state index contributed by atoms with van der Waals surface area (Å²) in [4.78, 5) is 11.3. The maximum atomic E-state index is 11.3. The van der Waals surface area contributed by atoms with E-state index in [-0.39, 0.29) is 11.3 Å². The van der Waals surface area contributed by atoms with Crippen LogP contribution in [0.4, 0.5) is 0 Å². The van der Waals surface area contributed by atoms with E-state index < -0.39 is 5.97 Å². The van der Waals surface area contributed by atoms with Crippen LogP contribution in [-0.4, -0.2) is 24.8 Å². The van der Waals surface area contributed by atoms with E-state index in [0.717, 1.165) is 12.8 Å². The molecule has 0 saturated heterocycles. The predicted molar refractivity (Wildman–Crippen MR) is 69.1 cm³/mol. The second-order valence-corrected chi connectivity index (χ2v) is 4.08. The number of phenols is 1. The highest BCUT2D eigenvalue weighted by molar-refractivity contribution is 5.92. The van der Waals surface area contributed by atoms with Crippen LogP contribution in [0.5, 0.6) is 11.5 Å². The zero-order chi connectivity index (χ0) is 13.4. The Morgan fingerprint density at radius 1 is 1.28 bits per heavy atom. The minimum atomic E-state index is -0.554. The van der Waals surface area contributed by atoms with E-state index in [1.807, 2.05) is 0 Å². The number of rotatable bonds is 7. The summed E-state index contributed by atoms with van der Waals surface area (Å²) in [5.41, 5.74) is 0.149. The zero-order valence-electron chi connectivity index (χ0n) is 10.9. The first-order chi connectivity index (χ1) is 8.69. The summed E-state index contributed by atoms with van der Waals surface area (Å²) < 4.78 is 10.0. The van der Waals surface area contributed by atoms with Gasteiger partial charge in [0.15, 0.2) is 0 Å². The first-order valence-corrected chi connectivity index (χ1v) is 6.23. The minimum absolute atomic E-state index is 0.118. The molecule has 1 aromatic carbocycles. The summed E-state index contributed by atoms with van der Waals surface area (Å²) in [7, 11) is 1.28. The van der Waals surface area contributed by atoms with Crippen molar-refractivity contribution < 1.29 is 19.4 Å². The quantitative estimate of drug-likeness (QED) is 0.598. The Hall–Kier alpha value is -1.71. The van der Waals surface area contributed by atoms with Gasteiger partial charge in [0, 0.05) is 6.07 Å². The molecule has 100 valence electrons. The van der Waals surface area contributed by atoms with Gasteiger partial charge in [-0.25, -0.2) is 4.79 Å². The summed E-state index contributed by atoms with van der Waals surface area (Å²) in [6.45, 7) is 2.78. The smallest absolute Gasteiger partial charge is 0.341 e. The molecule has 0 radical (unpaired) electrons. The van der Waals surface area contributed by atoms with Crippen molar-refractivity contribution in [3.63, 3.8) is 0 Å². The highest BCUT2D eigenvalue weighted by Gasteiger charge is 2.11. The van der Waals surface area contributed by atoms with Crippen molar-refractivity contribution in [3.8, 4) is 11.5 Å². The van der Waals surface area contributed by atoms with Gasteiger partial charge in [0.25, 0.3) is 0 Å². The van der Waals surface area contributed by atoms with Gasteiger partial charge in [0.2, 0.25) is 0 Å². The number of esters is 1. The molecule has 1 N–H and O–H groups in total. The number of aromatic hydroxyl groups is 1. The Labute approximate surface area is 108 Å². The van der Waals surface area contributed by atoms with Crippen LogP contribution in [0.2, 0.25) is 0 Å². The molecule has 0 aliphatic heterocycles. The fourth-order valence-corrected chi connectivity index (χ4v) is 1.60. The molecule has 0 aliphatic carbocycles. The maximum absolute atomic E-state index is 11.3. The topological polar surface area (TPSA) is 55.8 Å². The van der Waals surface area contributed by atoms with E-state index in [2.05, 4.69) is 11.7 Å². The molecule has 0 aliphatic rings. The highest BCUT2D eigenvalue weighted by atomic mass is 16.5. The number of carbonyl (C=O) groups excluding carboxylic acids is 1. The van der Waals surface area contributed by atoms with E-state index in [1.54, 1.807) is 6.07 Å². The van der Waals surface area contributed by atoms with Crippen LogP contribution < -0.4 is 4.74 Å². The molecule has 0 amide bonds. The highest BCUT2D eigenvalue weighted by Crippen LogP contribution is 2.24. The summed E-state index contributed by atoms with van der Waals surface area (Å²) in [5.74, 6) is -0.105. The fraction of sp³-hybridized carbons (Fsp3) is 0.500. The van der Waals surface area contributed by atoms with Crippen molar-refractivity contribution >= 4 is 5.97 Å². The Bertz CT molecular complexity index is 387. The Kier molecular flexibility index (Phi) is 6.05. The lowest BCUT2D eigenvalue weighted by Gasteiger charge is -2.08. The normalized spacial score (nSPS) is 10.1. The molecule has 1 aromatic rings. The molecule has 1 rings (SSSR count). The van der Waals surface area contributed by atoms with Gasteiger partial charge in [-0.05, 0) is 18.6 Å². The molecule has 4 nitrogen and oxygen atoms in total. The van der Waals surface area contributed by atoms with Crippen molar-refractivity contribution in [2.24, 2.45) is 0 Å². The molecule has 0 spiro atoms. The summed E-state index contributed by atoms with van der Waals surface area (Å²) in [6, 6.07) is 4.60. The van der Waals surface area contributed by atoms with Crippen molar-refractivity contribution in [3.05, 3.63) is 23.8 Å². The Morgan fingerprint density at radius 2 is 2.06 bits per heavy atom. The van der Waals surface area contributed by atoms with Gasteiger partial charge < -0.3 is 14.6 Å². The number of unbranched alkanes of at least 4 members (excludes halogenated alkanes) is 3. The molecule has 0 fully saturated rings. The van der Waals surface area contributed by atoms with Gasteiger partial charge in [0.1, 0.15) is 17.1 Å². The van der Waals surface area contributed by atoms with Crippen molar-refractivity contribution in [2.45, 2.75) is 32.6 Å². The monoisotopic (exact) mass is 252 g/mol. The lowest BCUT2D eigenvalue weighted by molar-refractivity contribution is 0.0597. The Morgan fingerprint density at radius 3 is 2.67 bits per heavy atom. The standard InChI is InChI=1S/C14H20O4/c1-3-4-5-6-9-18-11-7-8-12(13(15)10-11)14(16)17-2/h7-8,10,15H,3-6,9H2,1-2H3. The third-order valence-electron chi connectivity index (χ3n) is 2.64. The summed E-state index contributed by atoms with van der Waals surface area (Å²) in [6.07, 6.45) is 4.53. The maximum Gasteiger partial charge on any atom is 0.341 e. The first kappa shape index (κ1) is 14.4. The van der Waals surface area contributed by atoms with Crippen molar-refractivity contribution in [1.29, 1.82) is 0 Å². The number of hydrogen-bond donors (Lipinski definition) is 1. The molecular formula is C14H20O4. The molecule has 0 bridgehead atoms. The van der Waals surface area contributed by atoms with Gasteiger partial charge >= 0.3 is 5.97 Å². The number of hydrogen-bond acceptors (Lipinski definition) is 4. The average molecular weight is 252 g/mol.